The Morgan fingerprint density at radius 3 is 2.94 bits per heavy atom. The van der Waals surface area contributed by atoms with Crippen LogP contribution < -0.4 is 10.9 Å². The van der Waals surface area contributed by atoms with Crippen molar-refractivity contribution < 1.29 is 9.53 Å². The minimum atomic E-state index is -0.551. The summed E-state index contributed by atoms with van der Waals surface area (Å²) in [5.74, 6) is 0. The van der Waals surface area contributed by atoms with Gasteiger partial charge in [-0.1, -0.05) is 24.3 Å². The van der Waals surface area contributed by atoms with Crippen molar-refractivity contribution in [1.82, 2.24) is 9.99 Å². The molecule has 0 saturated carbocycles. The van der Waals surface area contributed by atoms with Gasteiger partial charge in [0.1, 0.15) is 0 Å². The number of carbonyl (C=O) groups excluding carboxylic acids is 1. The lowest BCUT2D eigenvalue weighted by Crippen LogP contribution is -2.26. The van der Waals surface area contributed by atoms with Crippen LogP contribution in [0.25, 0.3) is 10.8 Å². The van der Waals surface area contributed by atoms with Crippen LogP contribution >= 0.6 is 0 Å². The number of rotatable bonds is 2. The van der Waals surface area contributed by atoms with Gasteiger partial charge in [-0.3, -0.25) is 0 Å². The summed E-state index contributed by atoms with van der Waals surface area (Å²) in [6.45, 7) is 2.07. The van der Waals surface area contributed by atoms with E-state index in [1.54, 1.807) is 6.92 Å². The van der Waals surface area contributed by atoms with Gasteiger partial charge in [0.25, 0.3) is 0 Å². The predicted molar refractivity (Wildman–Crippen MR) is 68.6 cm³/mol. The van der Waals surface area contributed by atoms with Gasteiger partial charge in [0.2, 0.25) is 0 Å². The van der Waals surface area contributed by atoms with Gasteiger partial charge in [0, 0.05) is 18.6 Å². The lowest BCUT2D eigenvalue weighted by atomic mass is 10.2. The Labute approximate surface area is 105 Å². The van der Waals surface area contributed by atoms with E-state index >= 15 is 0 Å². The zero-order valence-electron chi connectivity index (χ0n) is 10.4. The van der Waals surface area contributed by atoms with Crippen molar-refractivity contribution in [1.29, 1.82) is 0 Å². The van der Waals surface area contributed by atoms with Gasteiger partial charge in [-0.2, -0.15) is 5.10 Å². The molecule has 5 nitrogen and oxygen atoms in total. The molecule has 5 heteroatoms. The maximum absolute atomic E-state index is 11.2. The Hall–Kier alpha value is -2.30. The highest BCUT2D eigenvalue weighted by Crippen LogP contribution is 2.07. The number of aryl methyl sites for hydroxylation is 1. The highest BCUT2D eigenvalue weighted by atomic mass is 16.5. The van der Waals surface area contributed by atoms with Crippen LogP contribution in [0.15, 0.2) is 41.6 Å². The second-order valence-corrected chi connectivity index (χ2v) is 3.78. The lowest BCUT2D eigenvalue weighted by molar-refractivity contribution is 0.152. The molecule has 0 aliphatic carbocycles. The molecule has 1 heterocycles. The molecule has 94 valence electrons. The molecular formula is C13H15N3O2. The van der Waals surface area contributed by atoms with E-state index in [-0.39, 0.29) is 0 Å². The highest BCUT2D eigenvalue weighted by molar-refractivity contribution is 5.81. The molecule has 1 aromatic carbocycles. The summed E-state index contributed by atoms with van der Waals surface area (Å²) in [5.41, 5.74) is 3.06. The zero-order chi connectivity index (χ0) is 13.0. The van der Waals surface area contributed by atoms with Gasteiger partial charge in [-0.15, -0.1) is 0 Å². The number of aromatic nitrogens is 1. The van der Waals surface area contributed by atoms with Crippen LogP contribution in [0.4, 0.5) is 4.79 Å². The normalized spacial score (nSPS) is 11.6. The minimum Gasteiger partial charge on any atom is -0.449 e. The largest absolute Gasteiger partial charge is 0.449 e. The van der Waals surface area contributed by atoms with E-state index in [2.05, 4.69) is 10.5 Å². The molecule has 0 bridgehead atoms. The van der Waals surface area contributed by atoms with E-state index in [0.717, 1.165) is 10.8 Å². The first kappa shape index (κ1) is 12.2. The van der Waals surface area contributed by atoms with Crippen LogP contribution in [0.5, 0.6) is 0 Å². The van der Waals surface area contributed by atoms with Crippen molar-refractivity contribution in [3.05, 3.63) is 42.0 Å². The number of amides is 1. The fraction of sp³-hybridized carbons (Fsp3) is 0.231. The number of carbonyl (C=O) groups is 1. The quantitative estimate of drug-likeness (QED) is 0.819. The van der Waals surface area contributed by atoms with Crippen LogP contribution in [-0.2, 0) is 11.8 Å². The third-order valence-electron chi connectivity index (χ3n) is 2.54. The van der Waals surface area contributed by atoms with E-state index < -0.39 is 6.09 Å². The molecule has 0 fully saturated rings. The van der Waals surface area contributed by atoms with Gasteiger partial charge in [-0.25, -0.2) is 10.2 Å². The number of hydrogen-bond acceptors (Lipinski definition) is 3. The van der Waals surface area contributed by atoms with Crippen LogP contribution in [0.1, 0.15) is 6.92 Å². The SMILES string of the molecule is CCOC(=O)N/N=c1/c2ccccc2ccn1C. The fourth-order valence-electron chi connectivity index (χ4n) is 1.70. The first-order chi connectivity index (χ1) is 8.72. The molecule has 0 spiro atoms. The summed E-state index contributed by atoms with van der Waals surface area (Å²) in [6, 6.07) is 9.86. The minimum absolute atomic E-state index is 0.322. The lowest BCUT2D eigenvalue weighted by Gasteiger charge is -2.05. The van der Waals surface area contributed by atoms with Crippen molar-refractivity contribution >= 4 is 16.9 Å². The average Bonchev–Trinajstić information content (AvgIpc) is 2.38. The molecule has 2 aromatic rings. The molecule has 0 atom stereocenters. The van der Waals surface area contributed by atoms with Crippen LogP contribution in [0.2, 0.25) is 0 Å². The summed E-state index contributed by atoms with van der Waals surface area (Å²) in [4.78, 5) is 11.2. The number of benzene rings is 1. The number of nitrogens with zero attached hydrogens (tertiary/aromatic N) is 2. The second kappa shape index (κ2) is 5.35. The highest BCUT2D eigenvalue weighted by Gasteiger charge is 2.00. The summed E-state index contributed by atoms with van der Waals surface area (Å²) in [5, 5.41) is 6.13. The maximum Gasteiger partial charge on any atom is 0.427 e. The van der Waals surface area contributed by atoms with Gasteiger partial charge >= 0.3 is 6.09 Å². The molecule has 1 aromatic heterocycles. The van der Waals surface area contributed by atoms with Crippen molar-refractivity contribution in [3.63, 3.8) is 0 Å². The maximum atomic E-state index is 11.2. The Morgan fingerprint density at radius 1 is 1.39 bits per heavy atom. The monoisotopic (exact) mass is 245 g/mol. The molecular weight excluding hydrogens is 230 g/mol. The number of hydrogen-bond donors (Lipinski definition) is 1. The number of ether oxygens (including phenoxy) is 1. The van der Waals surface area contributed by atoms with Crippen molar-refractivity contribution in [3.8, 4) is 0 Å². The Morgan fingerprint density at radius 2 is 2.17 bits per heavy atom. The Kier molecular flexibility index (Phi) is 3.62. The van der Waals surface area contributed by atoms with E-state index in [9.17, 15) is 4.79 Å². The smallest absolute Gasteiger partial charge is 0.427 e. The first-order valence-corrected chi connectivity index (χ1v) is 5.73. The van der Waals surface area contributed by atoms with Gasteiger partial charge in [0.15, 0.2) is 5.49 Å². The van der Waals surface area contributed by atoms with E-state index in [0.29, 0.717) is 12.1 Å². The van der Waals surface area contributed by atoms with Crippen molar-refractivity contribution in [2.24, 2.45) is 12.1 Å². The second-order valence-electron chi connectivity index (χ2n) is 3.78. The van der Waals surface area contributed by atoms with Crippen LogP contribution in [-0.4, -0.2) is 17.3 Å². The molecule has 1 amide bonds. The molecule has 18 heavy (non-hydrogen) atoms. The van der Waals surface area contributed by atoms with Gasteiger partial charge in [-0.05, 0) is 18.4 Å². The van der Waals surface area contributed by atoms with Crippen LogP contribution in [0.3, 0.4) is 0 Å². The zero-order valence-corrected chi connectivity index (χ0v) is 10.4. The summed E-state index contributed by atoms with van der Waals surface area (Å²) < 4.78 is 6.60. The van der Waals surface area contributed by atoms with Gasteiger partial charge in [0.05, 0.1) is 6.61 Å². The standard InChI is InChI=1S/C13H15N3O2/c1-3-18-13(17)15-14-12-11-7-5-4-6-10(11)8-9-16(12)2/h4-9H,3H2,1-2H3,(H,15,17)/b14-12-. The topological polar surface area (TPSA) is 55.6 Å². The Balaban J connectivity index is 2.45. The molecule has 0 unspecified atom stereocenters. The molecule has 0 aliphatic heterocycles. The molecule has 1 N–H and O–H groups in total. The molecule has 0 aliphatic rings. The van der Waals surface area contributed by atoms with Crippen molar-refractivity contribution in [2.75, 3.05) is 6.61 Å². The average molecular weight is 245 g/mol. The van der Waals surface area contributed by atoms with E-state index in [1.807, 2.05) is 48.1 Å². The number of pyridine rings is 1. The Bertz CT molecular complexity index is 631. The molecule has 0 radical (unpaired) electrons. The summed E-state index contributed by atoms with van der Waals surface area (Å²) in [7, 11) is 1.87. The third-order valence-corrected chi connectivity index (χ3v) is 2.54. The summed E-state index contributed by atoms with van der Waals surface area (Å²) >= 11 is 0. The van der Waals surface area contributed by atoms with Crippen molar-refractivity contribution in [2.45, 2.75) is 6.92 Å². The fourth-order valence-corrected chi connectivity index (χ4v) is 1.70. The van der Waals surface area contributed by atoms with Gasteiger partial charge < -0.3 is 9.30 Å². The third kappa shape index (κ3) is 2.51. The number of nitrogens with one attached hydrogen (secondary N) is 1. The number of fused-ring (bicyclic) bond motifs is 1. The van der Waals surface area contributed by atoms with E-state index in [4.69, 9.17) is 4.74 Å². The molecule has 2 rings (SSSR count). The molecule has 0 saturated heterocycles. The predicted octanol–water partition coefficient (Wildman–Crippen LogP) is 1.74. The van der Waals surface area contributed by atoms with E-state index in [1.165, 1.54) is 0 Å². The van der Waals surface area contributed by atoms with Crippen LogP contribution in [0, 0.1) is 0 Å². The summed E-state index contributed by atoms with van der Waals surface area (Å²) in [6.07, 6.45) is 1.35. The first-order valence-electron chi connectivity index (χ1n) is 5.73.